The van der Waals surface area contributed by atoms with Crippen LogP contribution in [-0.4, -0.2) is 23.3 Å². The largest absolute Gasteiger partial charge is 0.338 e. The van der Waals surface area contributed by atoms with Crippen molar-refractivity contribution >= 4 is 17.5 Å². The zero-order valence-corrected chi connectivity index (χ0v) is 14.8. The van der Waals surface area contributed by atoms with Gasteiger partial charge in [0, 0.05) is 25.2 Å². The van der Waals surface area contributed by atoms with Crippen molar-refractivity contribution in [3.8, 4) is 0 Å². The van der Waals surface area contributed by atoms with Crippen LogP contribution in [0.3, 0.4) is 0 Å². The van der Waals surface area contributed by atoms with Gasteiger partial charge in [-0.1, -0.05) is 55.0 Å². The Kier molecular flexibility index (Phi) is 5.17. The second-order valence-corrected chi connectivity index (χ2v) is 6.66. The van der Waals surface area contributed by atoms with Crippen LogP contribution < -0.4 is 5.32 Å². The minimum atomic E-state index is -0.289. The van der Waals surface area contributed by atoms with Crippen LogP contribution in [0.4, 0.5) is 5.69 Å². The molecule has 0 bridgehead atoms. The Bertz CT molecular complexity index is 768. The van der Waals surface area contributed by atoms with E-state index in [-0.39, 0.29) is 24.2 Å². The number of nitrogens with zero attached hydrogens (tertiary/aromatic N) is 1. The van der Waals surface area contributed by atoms with Crippen LogP contribution in [0, 0.1) is 12.8 Å². The Labute approximate surface area is 148 Å². The third kappa shape index (κ3) is 4.08. The average Bonchev–Trinajstić information content (AvgIpc) is 2.98. The SMILES string of the molecule is CCc1ccccc1NC(=O)C1CC(=O)N(Cc2ccc(C)cc2)C1. The number of carbonyl (C=O) groups excluding carboxylic acids is 2. The number of benzene rings is 2. The van der Waals surface area contributed by atoms with Crippen LogP contribution in [0.15, 0.2) is 48.5 Å². The maximum Gasteiger partial charge on any atom is 0.229 e. The summed E-state index contributed by atoms with van der Waals surface area (Å²) in [5.74, 6) is -0.312. The average molecular weight is 336 g/mol. The van der Waals surface area contributed by atoms with Crippen molar-refractivity contribution in [2.45, 2.75) is 33.2 Å². The third-order valence-electron chi connectivity index (χ3n) is 4.74. The molecule has 25 heavy (non-hydrogen) atoms. The zero-order chi connectivity index (χ0) is 17.8. The number of rotatable bonds is 5. The summed E-state index contributed by atoms with van der Waals surface area (Å²) in [5, 5.41) is 3.00. The molecule has 0 aromatic heterocycles. The normalized spacial score (nSPS) is 17.0. The molecule has 1 fully saturated rings. The lowest BCUT2D eigenvalue weighted by Gasteiger charge is -2.17. The fraction of sp³-hybridized carbons (Fsp3) is 0.333. The Morgan fingerprint density at radius 2 is 1.88 bits per heavy atom. The van der Waals surface area contributed by atoms with E-state index in [1.54, 1.807) is 4.90 Å². The summed E-state index contributed by atoms with van der Waals surface area (Å²) in [6, 6.07) is 16.0. The van der Waals surface area contributed by atoms with Gasteiger partial charge in [0.15, 0.2) is 0 Å². The van der Waals surface area contributed by atoms with Crippen molar-refractivity contribution < 1.29 is 9.59 Å². The minimum absolute atomic E-state index is 0.0458. The number of amides is 2. The summed E-state index contributed by atoms with van der Waals surface area (Å²) >= 11 is 0. The topological polar surface area (TPSA) is 49.4 Å². The number of aryl methyl sites for hydroxylation is 2. The molecule has 1 unspecified atom stereocenters. The first kappa shape index (κ1) is 17.2. The lowest BCUT2D eigenvalue weighted by atomic mass is 10.1. The van der Waals surface area contributed by atoms with Gasteiger partial charge in [-0.3, -0.25) is 9.59 Å². The van der Waals surface area contributed by atoms with Gasteiger partial charge >= 0.3 is 0 Å². The van der Waals surface area contributed by atoms with Crippen molar-refractivity contribution in [2.75, 3.05) is 11.9 Å². The Balaban J connectivity index is 1.63. The quantitative estimate of drug-likeness (QED) is 0.908. The fourth-order valence-electron chi connectivity index (χ4n) is 3.20. The maximum absolute atomic E-state index is 12.6. The number of para-hydroxylation sites is 1. The Morgan fingerprint density at radius 3 is 2.60 bits per heavy atom. The van der Waals surface area contributed by atoms with Gasteiger partial charge < -0.3 is 10.2 Å². The zero-order valence-electron chi connectivity index (χ0n) is 14.8. The van der Waals surface area contributed by atoms with Gasteiger partial charge in [0.1, 0.15) is 0 Å². The minimum Gasteiger partial charge on any atom is -0.338 e. The first-order chi connectivity index (χ1) is 12.1. The number of likely N-dealkylation sites (tertiary alicyclic amines) is 1. The van der Waals surface area contributed by atoms with E-state index in [1.165, 1.54) is 5.56 Å². The molecule has 1 heterocycles. The summed E-state index contributed by atoms with van der Waals surface area (Å²) in [6.07, 6.45) is 1.14. The molecule has 1 atom stereocenters. The monoisotopic (exact) mass is 336 g/mol. The van der Waals surface area contributed by atoms with Gasteiger partial charge in [0.05, 0.1) is 5.92 Å². The van der Waals surface area contributed by atoms with Crippen LogP contribution >= 0.6 is 0 Å². The highest BCUT2D eigenvalue weighted by Crippen LogP contribution is 2.23. The maximum atomic E-state index is 12.6. The summed E-state index contributed by atoms with van der Waals surface area (Å²) in [5.41, 5.74) is 4.25. The smallest absolute Gasteiger partial charge is 0.229 e. The van der Waals surface area contributed by atoms with Crippen LogP contribution in [0.2, 0.25) is 0 Å². The van der Waals surface area contributed by atoms with Crippen molar-refractivity contribution in [1.29, 1.82) is 0 Å². The molecule has 130 valence electrons. The molecule has 4 heteroatoms. The van der Waals surface area contributed by atoms with E-state index >= 15 is 0 Å². The highest BCUT2D eigenvalue weighted by Gasteiger charge is 2.34. The number of carbonyl (C=O) groups is 2. The highest BCUT2D eigenvalue weighted by molar-refractivity contribution is 5.97. The molecule has 2 aromatic carbocycles. The molecule has 0 saturated carbocycles. The molecular weight excluding hydrogens is 312 g/mol. The van der Waals surface area contributed by atoms with Gasteiger partial charge in [0.25, 0.3) is 0 Å². The molecule has 0 radical (unpaired) electrons. The van der Waals surface area contributed by atoms with E-state index in [1.807, 2.05) is 55.5 Å². The van der Waals surface area contributed by atoms with Crippen molar-refractivity contribution in [3.05, 3.63) is 65.2 Å². The molecule has 1 saturated heterocycles. The second-order valence-electron chi connectivity index (χ2n) is 6.66. The summed E-state index contributed by atoms with van der Waals surface area (Å²) in [7, 11) is 0. The predicted molar refractivity (Wildman–Crippen MR) is 99.2 cm³/mol. The molecule has 1 aliphatic rings. The predicted octanol–water partition coefficient (Wildman–Crippen LogP) is 3.54. The molecule has 2 aromatic rings. The molecule has 3 rings (SSSR count). The van der Waals surface area contributed by atoms with Crippen molar-refractivity contribution in [3.63, 3.8) is 0 Å². The lowest BCUT2D eigenvalue weighted by Crippen LogP contribution is -2.28. The van der Waals surface area contributed by atoms with E-state index in [4.69, 9.17) is 0 Å². The van der Waals surface area contributed by atoms with E-state index < -0.39 is 0 Å². The van der Waals surface area contributed by atoms with E-state index in [0.717, 1.165) is 23.2 Å². The summed E-state index contributed by atoms with van der Waals surface area (Å²) in [6.45, 7) is 5.15. The van der Waals surface area contributed by atoms with Crippen LogP contribution in [0.25, 0.3) is 0 Å². The van der Waals surface area contributed by atoms with Gasteiger partial charge in [0.2, 0.25) is 11.8 Å². The number of nitrogens with one attached hydrogen (secondary N) is 1. The lowest BCUT2D eigenvalue weighted by molar-refractivity contribution is -0.128. The molecule has 2 amide bonds. The van der Waals surface area contributed by atoms with Crippen molar-refractivity contribution in [1.82, 2.24) is 4.90 Å². The van der Waals surface area contributed by atoms with Crippen LogP contribution in [0.1, 0.15) is 30.0 Å². The summed E-state index contributed by atoms with van der Waals surface area (Å²) < 4.78 is 0. The van der Waals surface area contributed by atoms with Gasteiger partial charge in [-0.15, -0.1) is 0 Å². The standard InChI is InChI=1S/C21H24N2O2/c1-3-17-6-4-5-7-19(17)22-21(25)18-12-20(24)23(14-18)13-16-10-8-15(2)9-11-16/h4-11,18H,3,12-14H2,1-2H3,(H,22,25). The first-order valence-electron chi connectivity index (χ1n) is 8.79. The Morgan fingerprint density at radius 1 is 1.16 bits per heavy atom. The van der Waals surface area contributed by atoms with Gasteiger partial charge in [-0.25, -0.2) is 0 Å². The second kappa shape index (κ2) is 7.51. The van der Waals surface area contributed by atoms with Crippen molar-refractivity contribution in [2.24, 2.45) is 5.92 Å². The van der Waals surface area contributed by atoms with E-state index in [0.29, 0.717) is 13.1 Å². The molecule has 1 aliphatic heterocycles. The van der Waals surface area contributed by atoms with Crippen LogP contribution in [0.5, 0.6) is 0 Å². The third-order valence-corrected chi connectivity index (χ3v) is 4.74. The van der Waals surface area contributed by atoms with E-state index in [9.17, 15) is 9.59 Å². The first-order valence-corrected chi connectivity index (χ1v) is 8.79. The number of hydrogen-bond acceptors (Lipinski definition) is 2. The highest BCUT2D eigenvalue weighted by atomic mass is 16.2. The van der Waals surface area contributed by atoms with Gasteiger partial charge in [-0.05, 0) is 30.5 Å². The Hall–Kier alpha value is -2.62. The molecule has 1 N–H and O–H groups in total. The number of anilines is 1. The molecular formula is C21H24N2O2. The molecule has 0 spiro atoms. The number of hydrogen-bond donors (Lipinski definition) is 1. The van der Waals surface area contributed by atoms with Crippen LogP contribution in [-0.2, 0) is 22.6 Å². The molecule has 4 nitrogen and oxygen atoms in total. The van der Waals surface area contributed by atoms with Gasteiger partial charge in [-0.2, -0.15) is 0 Å². The fourth-order valence-corrected chi connectivity index (χ4v) is 3.20. The summed E-state index contributed by atoms with van der Waals surface area (Å²) in [4.78, 5) is 26.6. The molecule has 0 aliphatic carbocycles. The van der Waals surface area contributed by atoms with E-state index in [2.05, 4.69) is 12.2 Å².